The molecule has 2 aliphatic heterocycles. The van der Waals surface area contributed by atoms with E-state index in [-0.39, 0.29) is 0 Å². The van der Waals surface area contributed by atoms with Crippen LogP contribution in [0.15, 0.2) is 18.2 Å². The van der Waals surface area contributed by atoms with Crippen LogP contribution in [0, 0.1) is 11.8 Å². The zero-order valence-corrected chi connectivity index (χ0v) is 13.4. The van der Waals surface area contributed by atoms with Crippen LogP contribution < -0.4 is 10.0 Å². The predicted molar refractivity (Wildman–Crippen MR) is 85.7 cm³/mol. The van der Waals surface area contributed by atoms with Gasteiger partial charge in [-0.3, -0.25) is 4.72 Å². The molecule has 1 aromatic carbocycles. The Balaban J connectivity index is 1.76. The first-order valence-corrected chi connectivity index (χ1v) is 9.03. The van der Waals surface area contributed by atoms with Gasteiger partial charge in [-0.2, -0.15) is 12.7 Å². The Morgan fingerprint density at radius 1 is 1.24 bits per heavy atom. The smallest absolute Gasteiger partial charge is 0.301 e. The summed E-state index contributed by atoms with van der Waals surface area (Å²) in [6.07, 6.45) is 2.04. The van der Waals surface area contributed by atoms with Crippen LogP contribution in [0.4, 0.5) is 11.4 Å². The Morgan fingerprint density at radius 2 is 1.95 bits per heavy atom. The molecule has 2 N–H and O–H groups in total. The molecule has 0 radical (unpaired) electrons. The standard InChI is InChI=1S/C15H23N3O2S/c1-11-7-12(2)10-18(9-11)21(19,20)17-14-3-4-15-13(8-14)5-6-16-15/h3-4,8,11-12,16-17H,5-7,9-10H2,1-2H3. The second kappa shape index (κ2) is 5.50. The van der Waals surface area contributed by atoms with Crippen LogP contribution >= 0.6 is 0 Å². The molecule has 21 heavy (non-hydrogen) atoms. The second-order valence-corrected chi connectivity index (χ2v) is 8.09. The van der Waals surface area contributed by atoms with Crippen molar-refractivity contribution in [1.82, 2.24) is 4.31 Å². The number of nitrogens with zero attached hydrogens (tertiary/aromatic N) is 1. The molecule has 2 atom stereocenters. The molecule has 6 heteroatoms. The number of hydrogen-bond donors (Lipinski definition) is 2. The quantitative estimate of drug-likeness (QED) is 0.900. The molecule has 2 heterocycles. The number of nitrogens with one attached hydrogen (secondary N) is 2. The Bertz CT molecular complexity index is 620. The molecular formula is C15H23N3O2S. The topological polar surface area (TPSA) is 61.4 Å². The van der Waals surface area contributed by atoms with Crippen LogP contribution in [0.2, 0.25) is 0 Å². The fourth-order valence-electron chi connectivity index (χ4n) is 3.38. The summed E-state index contributed by atoms with van der Waals surface area (Å²) in [5, 5.41) is 3.28. The number of piperidine rings is 1. The summed E-state index contributed by atoms with van der Waals surface area (Å²) in [5.74, 6) is 0.823. The molecule has 0 amide bonds. The summed E-state index contributed by atoms with van der Waals surface area (Å²) in [6, 6.07) is 5.71. The highest BCUT2D eigenvalue weighted by molar-refractivity contribution is 7.90. The molecule has 1 saturated heterocycles. The van der Waals surface area contributed by atoms with Crippen LogP contribution in [0.25, 0.3) is 0 Å². The lowest BCUT2D eigenvalue weighted by Crippen LogP contribution is -2.45. The van der Waals surface area contributed by atoms with Crippen molar-refractivity contribution in [2.75, 3.05) is 29.7 Å². The van der Waals surface area contributed by atoms with E-state index >= 15 is 0 Å². The van der Waals surface area contributed by atoms with E-state index in [9.17, 15) is 8.42 Å². The number of hydrogen-bond acceptors (Lipinski definition) is 3. The summed E-state index contributed by atoms with van der Waals surface area (Å²) in [7, 11) is -3.46. The highest BCUT2D eigenvalue weighted by Crippen LogP contribution is 2.27. The van der Waals surface area contributed by atoms with Crippen LogP contribution in [0.3, 0.4) is 0 Å². The van der Waals surface area contributed by atoms with Crippen molar-refractivity contribution in [3.63, 3.8) is 0 Å². The lowest BCUT2D eigenvalue weighted by atomic mass is 9.94. The monoisotopic (exact) mass is 309 g/mol. The molecule has 2 unspecified atom stereocenters. The number of rotatable bonds is 3. The van der Waals surface area contributed by atoms with Crippen molar-refractivity contribution in [3.05, 3.63) is 23.8 Å². The van der Waals surface area contributed by atoms with Crippen LogP contribution in [-0.2, 0) is 16.6 Å². The van der Waals surface area contributed by atoms with Gasteiger partial charge < -0.3 is 5.32 Å². The Morgan fingerprint density at radius 3 is 2.67 bits per heavy atom. The zero-order chi connectivity index (χ0) is 15.0. The minimum absolute atomic E-state index is 0.412. The Hall–Kier alpha value is -1.27. The van der Waals surface area contributed by atoms with Gasteiger partial charge in [0.15, 0.2) is 0 Å². The van der Waals surface area contributed by atoms with E-state index in [1.54, 1.807) is 4.31 Å². The maximum Gasteiger partial charge on any atom is 0.301 e. The van der Waals surface area contributed by atoms with Crippen molar-refractivity contribution < 1.29 is 8.42 Å². The highest BCUT2D eigenvalue weighted by Gasteiger charge is 2.30. The molecule has 116 valence electrons. The van der Waals surface area contributed by atoms with E-state index in [4.69, 9.17) is 0 Å². The fourth-order valence-corrected chi connectivity index (χ4v) is 4.84. The van der Waals surface area contributed by atoms with E-state index in [0.717, 1.165) is 25.1 Å². The van der Waals surface area contributed by atoms with Crippen molar-refractivity contribution in [2.45, 2.75) is 26.7 Å². The summed E-state index contributed by atoms with van der Waals surface area (Å²) in [5.41, 5.74) is 2.94. The highest BCUT2D eigenvalue weighted by atomic mass is 32.2. The third-order valence-corrected chi connectivity index (χ3v) is 5.71. The average Bonchev–Trinajstić information content (AvgIpc) is 2.84. The maximum atomic E-state index is 12.5. The van der Waals surface area contributed by atoms with Gasteiger partial charge in [0.1, 0.15) is 0 Å². The van der Waals surface area contributed by atoms with Crippen LogP contribution in [-0.4, -0.2) is 32.4 Å². The largest absolute Gasteiger partial charge is 0.384 e. The van der Waals surface area contributed by atoms with Crippen LogP contribution in [0.5, 0.6) is 0 Å². The molecular weight excluding hydrogens is 286 g/mol. The van der Waals surface area contributed by atoms with E-state index in [1.807, 2.05) is 18.2 Å². The van der Waals surface area contributed by atoms with Gasteiger partial charge in [0.2, 0.25) is 0 Å². The molecule has 0 aliphatic carbocycles. The molecule has 2 aliphatic rings. The SMILES string of the molecule is CC1CC(C)CN(S(=O)(=O)Nc2ccc3c(c2)CCN3)C1. The molecule has 0 aromatic heterocycles. The van der Waals surface area contributed by atoms with E-state index in [0.29, 0.717) is 30.6 Å². The summed E-state index contributed by atoms with van der Waals surface area (Å²) < 4.78 is 29.4. The lowest BCUT2D eigenvalue weighted by molar-refractivity contribution is 0.223. The molecule has 1 fully saturated rings. The van der Waals surface area contributed by atoms with Crippen LogP contribution in [0.1, 0.15) is 25.8 Å². The molecule has 5 nitrogen and oxygen atoms in total. The van der Waals surface area contributed by atoms with Gasteiger partial charge in [-0.05, 0) is 48.4 Å². The number of fused-ring (bicyclic) bond motifs is 1. The molecule has 0 spiro atoms. The molecule has 3 rings (SSSR count). The summed E-state index contributed by atoms with van der Waals surface area (Å²) in [4.78, 5) is 0. The zero-order valence-electron chi connectivity index (χ0n) is 12.6. The van der Waals surface area contributed by atoms with Crippen molar-refractivity contribution in [3.8, 4) is 0 Å². The van der Waals surface area contributed by atoms with Gasteiger partial charge >= 0.3 is 10.2 Å². The summed E-state index contributed by atoms with van der Waals surface area (Å²) in [6.45, 7) is 6.35. The van der Waals surface area contributed by atoms with E-state index in [1.165, 1.54) is 5.56 Å². The number of benzene rings is 1. The third kappa shape index (κ3) is 3.16. The van der Waals surface area contributed by atoms with E-state index in [2.05, 4.69) is 23.9 Å². The average molecular weight is 309 g/mol. The first-order chi connectivity index (χ1) is 9.94. The van der Waals surface area contributed by atoms with E-state index < -0.39 is 10.2 Å². The van der Waals surface area contributed by atoms with Gasteiger partial charge in [0.05, 0.1) is 5.69 Å². The van der Waals surface area contributed by atoms with Crippen molar-refractivity contribution in [1.29, 1.82) is 0 Å². The van der Waals surface area contributed by atoms with Crippen molar-refractivity contribution >= 4 is 21.6 Å². The maximum absolute atomic E-state index is 12.5. The first-order valence-electron chi connectivity index (χ1n) is 7.59. The Kier molecular flexibility index (Phi) is 3.84. The van der Waals surface area contributed by atoms with Gasteiger partial charge in [-0.25, -0.2) is 0 Å². The third-order valence-electron chi connectivity index (χ3n) is 4.24. The van der Waals surface area contributed by atoms with Gasteiger partial charge in [-0.1, -0.05) is 13.8 Å². The van der Waals surface area contributed by atoms with Crippen molar-refractivity contribution in [2.24, 2.45) is 11.8 Å². The minimum Gasteiger partial charge on any atom is -0.384 e. The predicted octanol–water partition coefficient (Wildman–Crippen LogP) is 2.29. The van der Waals surface area contributed by atoms with Gasteiger partial charge in [0, 0.05) is 25.3 Å². The second-order valence-electron chi connectivity index (χ2n) is 6.42. The fraction of sp³-hybridized carbons (Fsp3) is 0.600. The summed E-state index contributed by atoms with van der Waals surface area (Å²) >= 11 is 0. The van der Waals surface area contributed by atoms with Gasteiger partial charge in [-0.15, -0.1) is 0 Å². The van der Waals surface area contributed by atoms with Gasteiger partial charge in [0.25, 0.3) is 0 Å². The lowest BCUT2D eigenvalue weighted by Gasteiger charge is -2.34. The Labute approximate surface area is 126 Å². The molecule has 1 aromatic rings. The number of anilines is 2. The first kappa shape index (κ1) is 14.7. The molecule has 0 saturated carbocycles. The molecule has 0 bridgehead atoms. The normalized spacial score (nSPS) is 26.2. The minimum atomic E-state index is -3.46.